The number of hydrogen-bond donors (Lipinski definition) is 2. The lowest BCUT2D eigenvalue weighted by Gasteiger charge is -2.19. The number of hydrogen-bond acceptors (Lipinski definition) is 3. The fourth-order valence-electron chi connectivity index (χ4n) is 2.79. The molecule has 2 rings (SSSR count). The molecule has 1 aliphatic heterocycles. The van der Waals surface area contributed by atoms with Crippen molar-refractivity contribution in [1.29, 1.82) is 0 Å². The molecule has 1 saturated heterocycles. The Morgan fingerprint density at radius 3 is 2.71 bits per heavy atom. The standard InChI is InChI=1S/C17H21ClN2O4/c1-10(2)8-14(17(23)24)19-15(21)13-6-7-20(16(13)22)12-5-3-4-11(18)9-12/h3-5,9-10,13-14H,6-8H2,1-2H3,(H,19,21)(H,23,24). The van der Waals surface area contributed by atoms with Gasteiger partial charge in [0.2, 0.25) is 11.8 Å². The summed E-state index contributed by atoms with van der Waals surface area (Å²) < 4.78 is 0. The minimum atomic E-state index is -1.09. The lowest BCUT2D eigenvalue weighted by atomic mass is 10.0. The second kappa shape index (κ2) is 7.66. The number of carbonyl (C=O) groups is 3. The molecule has 0 aliphatic carbocycles. The van der Waals surface area contributed by atoms with Crippen LogP contribution in [0.15, 0.2) is 24.3 Å². The molecule has 2 atom stereocenters. The fourth-order valence-corrected chi connectivity index (χ4v) is 2.97. The summed E-state index contributed by atoms with van der Waals surface area (Å²) in [6.45, 7) is 4.16. The molecule has 2 amide bonds. The van der Waals surface area contributed by atoms with Crippen LogP contribution in [0.3, 0.4) is 0 Å². The number of carboxylic acids is 1. The van der Waals surface area contributed by atoms with Crippen LogP contribution < -0.4 is 10.2 Å². The van der Waals surface area contributed by atoms with Gasteiger partial charge in [-0.25, -0.2) is 4.79 Å². The minimum absolute atomic E-state index is 0.119. The maximum absolute atomic E-state index is 12.5. The molecule has 7 heteroatoms. The van der Waals surface area contributed by atoms with E-state index in [-0.39, 0.29) is 11.8 Å². The summed E-state index contributed by atoms with van der Waals surface area (Å²) in [5.41, 5.74) is 0.639. The van der Waals surface area contributed by atoms with E-state index in [4.69, 9.17) is 11.6 Å². The molecule has 2 unspecified atom stereocenters. The summed E-state index contributed by atoms with van der Waals surface area (Å²) in [5, 5.41) is 12.2. The molecule has 0 radical (unpaired) electrons. The maximum atomic E-state index is 12.5. The van der Waals surface area contributed by atoms with Crippen molar-refractivity contribution in [2.45, 2.75) is 32.7 Å². The van der Waals surface area contributed by atoms with Gasteiger partial charge in [-0.3, -0.25) is 9.59 Å². The van der Waals surface area contributed by atoms with Crippen LogP contribution in [0.2, 0.25) is 5.02 Å². The van der Waals surface area contributed by atoms with Crippen molar-refractivity contribution in [3.8, 4) is 0 Å². The van der Waals surface area contributed by atoms with E-state index < -0.39 is 23.8 Å². The van der Waals surface area contributed by atoms with E-state index >= 15 is 0 Å². The first-order valence-electron chi connectivity index (χ1n) is 7.89. The van der Waals surface area contributed by atoms with Gasteiger partial charge >= 0.3 is 5.97 Å². The third kappa shape index (κ3) is 4.26. The van der Waals surface area contributed by atoms with Gasteiger partial charge in [0.25, 0.3) is 0 Å². The summed E-state index contributed by atoms with van der Waals surface area (Å²) >= 11 is 5.94. The van der Waals surface area contributed by atoms with Gasteiger partial charge in [0.05, 0.1) is 0 Å². The third-order valence-corrected chi connectivity index (χ3v) is 4.20. The quantitative estimate of drug-likeness (QED) is 0.769. The molecule has 1 fully saturated rings. The molecule has 0 spiro atoms. The van der Waals surface area contributed by atoms with E-state index in [9.17, 15) is 19.5 Å². The van der Waals surface area contributed by atoms with E-state index in [0.29, 0.717) is 30.1 Å². The highest BCUT2D eigenvalue weighted by molar-refractivity contribution is 6.31. The number of anilines is 1. The Kier molecular flexibility index (Phi) is 5.83. The van der Waals surface area contributed by atoms with Gasteiger partial charge in [-0.05, 0) is 37.0 Å². The van der Waals surface area contributed by atoms with Crippen LogP contribution in [0.5, 0.6) is 0 Å². The summed E-state index contributed by atoms with van der Waals surface area (Å²) in [6.07, 6.45) is 0.672. The summed E-state index contributed by atoms with van der Waals surface area (Å²) in [5.74, 6) is -2.69. The molecule has 0 bridgehead atoms. The Morgan fingerprint density at radius 1 is 1.42 bits per heavy atom. The van der Waals surface area contributed by atoms with E-state index in [0.717, 1.165) is 0 Å². The SMILES string of the molecule is CC(C)CC(NC(=O)C1CCN(c2cccc(Cl)c2)C1=O)C(=O)O. The number of nitrogens with zero attached hydrogens (tertiary/aromatic N) is 1. The van der Waals surface area contributed by atoms with Gasteiger partial charge in [0.1, 0.15) is 12.0 Å². The number of carbonyl (C=O) groups excluding carboxylic acids is 2. The monoisotopic (exact) mass is 352 g/mol. The van der Waals surface area contributed by atoms with Gasteiger partial charge < -0.3 is 15.3 Å². The van der Waals surface area contributed by atoms with Gasteiger partial charge in [-0.2, -0.15) is 0 Å². The molecule has 1 aromatic carbocycles. The number of amides is 2. The van der Waals surface area contributed by atoms with Crippen molar-refractivity contribution < 1.29 is 19.5 Å². The normalized spacial score (nSPS) is 18.8. The first-order valence-corrected chi connectivity index (χ1v) is 8.27. The molecule has 6 nitrogen and oxygen atoms in total. The Morgan fingerprint density at radius 2 is 2.12 bits per heavy atom. The largest absolute Gasteiger partial charge is 0.480 e. The Balaban J connectivity index is 2.06. The molecular formula is C17H21ClN2O4. The van der Waals surface area contributed by atoms with Crippen molar-refractivity contribution in [3.05, 3.63) is 29.3 Å². The lowest BCUT2D eigenvalue weighted by molar-refractivity contribution is -0.144. The molecule has 1 aliphatic rings. The smallest absolute Gasteiger partial charge is 0.326 e. The van der Waals surface area contributed by atoms with Crippen LogP contribution in [-0.4, -0.2) is 35.5 Å². The van der Waals surface area contributed by atoms with Gasteiger partial charge in [-0.15, -0.1) is 0 Å². The number of nitrogens with one attached hydrogen (secondary N) is 1. The van der Waals surface area contributed by atoms with Crippen LogP contribution in [-0.2, 0) is 14.4 Å². The van der Waals surface area contributed by atoms with Gasteiger partial charge in [-0.1, -0.05) is 31.5 Å². The number of halogens is 1. The third-order valence-electron chi connectivity index (χ3n) is 3.96. The zero-order chi connectivity index (χ0) is 17.9. The second-order valence-corrected chi connectivity index (χ2v) is 6.78. The van der Waals surface area contributed by atoms with Gasteiger partial charge in [0.15, 0.2) is 0 Å². The lowest BCUT2D eigenvalue weighted by Crippen LogP contribution is -2.46. The molecule has 130 valence electrons. The highest BCUT2D eigenvalue weighted by atomic mass is 35.5. The van der Waals surface area contributed by atoms with Crippen molar-refractivity contribution in [3.63, 3.8) is 0 Å². The Hall–Kier alpha value is -2.08. The van der Waals surface area contributed by atoms with Gasteiger partial charge in [0, 0.05) is 17.3 Å². The Bertz CT molecular complexity index is 647. The number of benzene rings is 1. The van der Waals surface area contributed by atoms with Crippen molar-refractivity contribution in [2.24, 2.45) is 11.8 Å². The first kappa shape index (κ1) is 18.3. The summed E-state index contributed by atoms with van der Waals surface area (Å²) in [6, 6.07) is 5.88. The average molecular weight is 353 g/mol. The van der Waals surface area contributed by atoms with E-state index in [1.807, 2.05) is 13.8 Å². The molecule has 24 heavy (non-hydrogen) atoms. The van der Waals surface area contributed by atoms with E-state index in [1.54, 1.807) is 24.3 Å². The van der Waals surface area contributed by atoms with Crippen molar-refractivity contribution >= 4 is 35.1 Å². The van der Waals surface area contributed by atoms with E-state index in [1.165, 1.54) is 4.90 Å². The minimum Gasteiger partial charge on any atom is -0.480 e. The average Bonchev–Trinajstić information content (AvgIpc) is 2.87. The molecule has 2 N–H and O–H groups in total. The maximum Gasteiger partial charge on any atom is 0.326 e. The first-order chi connectivity index (χ1) is 11.3. The van der Waals surface area contributed by atoms with Crippen LogP contribution >= 0.6 is 11.6 Å². The van der Waals surface area contributed by atoms with Crippen LogP contribution in [0.1, 0.15) is 26.7 Å². The number of carboxylic acid groups (broad SMARTS) is 1. The van der Waals surface area contributed by atoms with Crippen molar-refractivity contribution in [1.82, 2.24) is 5.32 Å². The van der Waals surface area contributed by atoms with Crippen LogP contribution in [0.4, 0.5) is 5.69 Å². The molecule has 0 saturated carbocycles. The molecule has 1 heterocycles. The highest BCUT2D eigenvalue weighted by Gasteiger charge is 2.39. The van der Waals surface area contributed by atoms with E-state index in [2.05, 4.69) is 5.32 Å². The number of rotatable bonds is 6. The van der Waals surface area contributed by atoms with Crippen molar-refractivity contribution in [2.75, 3.05) is 11.4 Å². The topological polar surface area (TPSA) is 86.7 Å². The molecular weight excluding hydrogens is 332 g/mol. The fraction of sp³-hybridized carbons (Fsp3) is 0.471. The zero-order valence-corrected chi connectivity index (χ0v) is 14.4. The second-order valence-electron chi connectivity index (χ2n) is 6.34. The summed E-state index contributed by atoms with van der Waals surface area (Å²) in [4.78, 5) is 37.6. The van der Waals surface area contributed by atoms with Crippen LogP contribution in [0, 0.1) is 11.8 Å². The summed E-state index contributed by atoms with van der Waals surface area (Å²) in [7, 11) is 0. The zero-order valence-electron chi connectivity index (χ0n) is 13.7. The predicted octanol–water partition coefficient (Wildman–Crippen LogP) is 2.31. The highest BCUT2D eigenvalue weighted by Crippen LogP contribution is 2.27. The molecule has 0 aromatic heterocycles. The number of aliphatic carboxylic acids is 1. The molecule has 1 aromatic rings. The predicted molar refractivity (Wildman–Crippen MR) is 90.9 cm³/mol. The van der Waals surface area contributed by atoms with Crippen LogP contribution in [0.25, 0.3) is 0 Å². The Labute approximate surface area is 145 Å².